The average molecular weight is 344 g/mol. The van der Waals surface area contributed by atoms with E-state index >= 15 is 0 Å². The van der Waals surface area contributed by atoms with Gasteiger partial charge >= 0.3 is 0 Å². The Morgan fingerprint density at radius 2 is 2.26 bits per heavy atom. The first kappa shape index (κ1) is 14.6. The first-order valence-corrected chi connectivity index (χ1v) is 7.68. The van der Waals surface area contributed by atoms with Crippen LogP contribution in [-0.4, -0.2) is 16.6 Å². The maximum absolute atomic E-state index is 14.2. The van der Waals surface area contributed by atoms with Crippen LogP contribution in [-0.2, 0) is 6.42 Å². The van der Waals surface area contributed by atoms with Gasteiger partial charge in [0.1, 0.15) is 5.82 Å². The fraction of sp³-hybridized carbons (Fsp3) is 0.385. The lowest BCUT2D eigenvalue weighted by molar-refractivity contribution is 0.571. The highest BCUT2D eigenvalue weighted by Gasteiger charge is 2.22. The van der Waals surface area contributed by atoms with Crippen molar-refractivity contribution >= 4 is 27.5 Å². The Morgan fingerprint density at radius 3 is 2.95 bits per heavy atom. The SMILES string of the molecule is CCCc1nnsc1C(NC)c1cccc(Br)c1F. The molecule has 2 rings (SSSR count). The summed E-state index contributed by atoms with van der Waals surface area (Å²) >= 11 is 4.55. The van der Waals surface area contributed by atoms with Crippen LogP contribution in [0.15, 0.2) is 22.7 Å². The first-order valence-electron chi connectivity index (χ1n) is 6.11. The largest absolute Gasteiger partial charge is 0.308 e. The summed E-state index contributed by atoms with van der Waals surface area (Å²) in [7, 11) is 1.82. The molecular formula is C13H15BrFN3S. The number of aromatic nitrogens is 2. The van der Waals surface area contributed by atoms with E-state index in [2.05, 4.69) is 37.8 Å². The molecule has 3 nitrogen and oxygen atoms in total. The number of nitrogens with zero attached hydrogens (tertiary/aromatic N) is 2. The van der Waals surface area contributed by atoms with Crippen LogP contribution in [0.2, 0.25) is 0 Å². The standard InChI is InChI=1S/C13H15BrFN3S/c1-3-5-10-13(19-18-17-10)12(16-2)8-6-4-7-9(14)11(8)15/h4,6-7,12,16H,3,5H2,1-2H3. The van der Waals surface area contributed by atoms with Gasteiger partial charge in [0.25, 0.3) is 0 Å². The number of rotatable bonds is 5. The van der Waals surface area contributed by atoms with Crippen LogP contribution in [0, 0.1) is 5.82 Å². The summed E-state index contributed by atoms with van der Waals surface area (Å²) in [5.41, 5.74) is 1.56. The van der Waals surface area contributed by atoms with Gasteiger partial charge in [-0.05, 0) is 47.0 Å². The van der Waals surface area contributed by atoms with Crippen molar-refractivity contribution in [1.82, 2.24) is 14.9 Å². The number of halogens is 2. The Morgan fingerprint density at radius 1 is 1.47 bits per heavy atom. The van der Waals surface area contributed by atoms with E-state index in [9.17, 15) is 4.39 Å². The maximum Gasteiger partial charge on any atom is 0.142 e. The van der Waals surface area contributed by atoms with Crippen LogP contribution in [0.3, 0.4) is 0 Å². The molecule has 2 aromatic rings. The molecule has 1 unspecified atom stereocenters. The summed E-state index contributed by atoms with van der Waals surface area (Å²) in [4.78, 5) is 0.987. The summed E-state index contributed by atoms with van der Waals surface area (Å²) < 4.78 is 18.7. The van der Waals surface area contributed by atoms with Crippen LogP contribution < -0.4 is 5.32 Å². The topological polar surface area (TPSA) is 37.8 Å². The lowest BCUT2D eigenvalue weighted by atomic mass is 10.0. The minimum atomic E-state index is -0.238. The van der Waals surface area contributed by atoms with Gasteiger partial charge in [0.05, 0.1) is 21.1 Å². The Kier molecular flexibility index (Phi) is 5.01. The van der Waals surface area contributed by atoms with Crippen LogP contribution in [0.4, 0.5) is 4.39 Å². The molecule has 0 saturated heterocycles. The highest BCUT2D eigenvalue weighted by atomic mass is 79.9. The maximum atomic E-state index is 14.2. The second kappa shape index (κ2) is 6.54. The Labute approximate surface area is 124 Å². The van der Waals surface area contributed by atoms with Gasteiger partial charge in [0.2, 0.25) is 0 Å². The smallest absolute Gasteiger partial charge is 0.142 e. The molecule has 0 amide bonds. The molecule has 0 aliphatic heterocycles. The molecule has 1 heterocycles. The van der Waals surface area contributed by atoms with Gasteiger partial charge in [-0.1, -0.05) is 30.0 Å². The van der Waals surface area contributed by atoms with Gasteiger partial charge < -0.3 is 5.32 Å². The Balaban J connectivity index is 2.44. The Hall–Kier alpha value is -0.850. The van der Waals surface area contributed by atoms with E-state index in [0.29, 0.717) is 10.0 Å². The van der Waals surface area contributed by atoms with Crippen molar-refractivity contribution in [2.45, 2.75) is 25.8 Å². The van der Waals surface area contributed by atoms with Gasteiger partial charge in [0.15, 0.2) is 0 Å². The van der Waals surface area contributed by atoms with Gasteiger partial charge in [-0.15, -0.1) is 5.10 Å². The molecule has 0 aliphatic carbocycles. The van der Waals surface area contributed by atoms with Crippen molar-refractivity contribution in [1.29, 1.82) is 0 Å². The van der Waals surface area contributed by atoms with Gasteiger partial charge in [-0.3, -0.25) is 0 Å². The third kappa shape index (κ3) is 3.01. The molecular weight excluding hydrogens is 329 g/mol. The number of aryl methyl sites for hydroxylation is 1. The van der Waals surface area contributed by atoms with Crippen molar-refractivity contribution in [3.63, 3.8) is 0 Å². The lowest BCUT2D eigenvalue weighted by Gasteiger charge is -2.17. The summed E-state index contributed by atoms with van der Waals surface area (Å²) in [5, 5.41) is 7.30. The summed E-state index contributed by atoms with van der Waals surface area (Å²) in [5.74, 6) is -0.238. The van der Waals surface area contributed by atoms with E-state index in [0.717, 1.165) is 23.4 Å². The quantitative estimate of drug-likeness (QED) is 0.899. The zero-order valence-electron chi connectivity index (χ0n) is 10.8. The predicted octanol–water partition coefficient (Wildman–Crippen LogP) is 3.70. The van der Waals surface area contributed by atoms with Gasteiger partial charge in [-0.25, -0.2) is 4.39 Å². The number of hydrogen-bond donors (Lipinski definition) is 1. The second-order valence-electron chi connectivity index (χ2n) is 4.20. The zero-order chi connectivity index (χ0) is 13.8. The molecule has 0 saturated carbocycles. The van der Waals surface area contributed by atoms with E-state index in [1.54, 1.807) is 12.1 Å². The highest BCUT2D eigenvalue weighted by molar-refractivity contribution is 9.10. The first-order chi connectivity index (χ1) is 9.19. The van der Waals surface area contributed by atoms with Crippen molar-refractivity contribution in [2.75, 3.05) is 7.05 Å². The molecule has 102 valence electrons. The normalized spacial score (nSPS) is 12.6. The molecule has 1 N–H and O–H groups in total. The van der Waals surface area contributed by atoms with Crippen LogP contribution in [0.25, 0.3) is 0 Å². The molecule has 1 aromatic carbocycles. The van der Waals surface area contributed by atoms with Crippen molar-refractivity contribution in [2.24, 2.45) is 0 Å². The molecule has 1 atom stereocenters. The van der Waals surface area contributed by atoms with Crippen molar-refractivity contribution in [3.05, 3.63) is 44.6 Å². The summed E-state index contributed by atoms with van der Waals surface area (Å²) in [6.07, 6.45) is 1.86. The van der Waals surface area contributed by atoms with Gasteiger partial charge in [0, 0.05) is 5.56 Å². The average Bonchev–Trinajstić information content (AvgIpc) is 2.84. The van der Waals surface area contributed by atoms with E-state index in [-0.39, 0.29) is 11.9 Å². The molecule has 1 aromatic heterocycles. The third-order valence-corrected chi connectivity index (χ3v) is 4.36. The molecule has 0 fully saturated rings. The summed E-state index contributed by atoms with van der Waals surface area (Å²) in [6, 6.07) is 5.11. The third-order valence-electron chi connectivity index (χ3n) is 2.92. The van der Waals surface area contributed by atoms with Gasteiger partial charge in [-0.2, -0.15) is 0 Å². The monoisotopic (exact) mass is 343 g/mol. The zero-order valence-corrected chi connectivity index (χ0v) is 13.2. The van der Waals surface area contributed by atoms with Crippen LogP contribution in [0.1, 0.15) is 35.5 Å². The van der Waals surface area contributed by atoms with Crippen LogP contribution >= 0.6 is 27.5 Å². The predicted molar refractivity (Wildman–Crippen MR) is 78.9 cm³/mol. The second-order valence-corrected chi connectivity index (χ2v) is 5.84. The molecule has 19 heavy (non-hydrogen) atoms. The number of hydrogen-bond acceptors (Lipinski definition) is 4. The van der Waals surface area contributed by atoms with Crippen molar-refractivity contribution < 1.29 is 4.39 Å². The highest BCUT2D eigenvalue weighted by Crippen LogP contribution is 2.31. The minimum Gasteiger partial charge on any atom is -0.308 e. The van der Waals surface area contributed by atoms with Crippen LogP contribution in [0.5, 0.6) is 0 Å². The van der Waals surface area contributed by atoms with Crippen molar-refractivity contribution in [3.8, 4) is 0 Å². The molecule has 0 spiro atoms. The van der Waals surface area contributed by atoms with E-state index in [1.165, 1.54) is 11.5 Å². The number of nitrogens with one attached hydrogen (secondary N) is 1. The molecule has 0 aliphatic rings. The van der Waals surface area contributed by atoms with E-state index in [4.69, 9.17) is 0 Å². The fourth-order valence-electron chi connectivity index (χ4n) is 2.02. The lowest BCUT2D eigenvalue weighted by Crippen LogP contribution is -2.19. The summed E-state index contributed by atoms with van der Waals surface area (Å²) in [6.45, 7) is 2.09. The molecule has 6 heteroatoms. The number of benzene rings is 1. The fourth-order valence-corrected chi connectivity index (χ4v) is 3.22. The molecule has 0 bridgehead atoms. The van der Waals surface area contributed by atoms with E-state index in [1.807, 2.05) is 13.1 Å². The molecule has 0 radical (unpaired) electrons. The Bertz CT molecular complexity index is 559. The minimum absolute atomic E-state index is 0.209. The van der Waals surface area contributed by atoms with E-state index < -0.39 is 0 Å².